The molecule has 1 aromatic carbocycles. The molecule has 170 valence electrons. The van der Waals surface area contributed by atoms with Crippen LogP contribution in [0.25, 0.3) is 0 Å². The first-order chi connectivity index (χ1) is 15.0. The van der Waals surface area contributed by atoms with Crippen LogP contribution in [0.4, 0.5) is 24.7 Å². The molecule has 0 saturated carbocycles. The molecule has 3 heterocycles. The summed E-state index contributed by atoms with van der Waals surface area (Å²) in [5, 5.41) is 20.9. The third-order valence-electron chi connectivity index (χ3n) is 5.25. The molecule has 8 nitrogen and oxygen atoms in total. The van der Waals surface area contributed by atoms with Gasteiger partial charge in [-0.15, -0.1) is 0 Å². The molecule has 1 aromatic heterocycles. The van der Waals surface area contributed by atoms with Gasteiger partial charge in [-0.25, -0.2) is 4.98 Å². The zero-order chi connectivity index (χ0) is 23.4. The average molecular weight is 472 g/mol. The van der Waals surface area contributed by atoms with Crippen molar-refractivity contribution in [3.63, 3.8) is 0 Å². The molecule has 0 aliphatic carbocycles. The van der Waals surface area contributed by atoms with Gasteiger partial charge >= 0.3 is 6.18 Å². The zero-order valence-electron chi connectivity index (χ0n) is 16.5. The maximum absolute atomic E-state index is 13.4. The van der Waals surface area contributed by atoms with Crippen molar-refractivity contribution in [2.24, 2.45) is 0 Å². The first-order valence-electron chi connectivity index (χ1n) is 9.48. The van der Waals surface area contributed by atoms with Crippen LogP contribution in [-0.2, 0) is 15.8 Å². The first-order valence-corrected chi connectivity index (χ1v) is 9.86. The van der Waals surface area contributed by atoms with E-state index >= 15 is 0 Å². The number of amides is 2. The molecule has 3 atom stereocenters. The molecule has 1 fully saturated rings. The minimum Gasteiger partial charge on any atom is -0.488 e. The highest BCUT2D eigenvalue weighted by atomic mass is 35.5. The molecular weight excluding hydrogens is 455 g/mol. The molecule has 2 aromatic rings. The Morgan fingerprint density at radius 2 is 2.00 bits per heavy atom. The number of pyridine rings is 1. The minimum absolute atomic E-state index is 0.0303. The lowest BCUT2D eigenvalue weighted by Crippen LogP contribution is -2.53. The number of hydrogen-bond donors (Lipinski definition) is 2. The summed E-state index contributed by atoms with van der Waals surface area (Å²) in [6.45, 7) is 1.38. The van der Waals surface area contributed by atoms with Crippen LogP contribution in [0.2, 0.25) is 5.02 Å². The molecule has 0 spiro atoms. The summed E-state index contributed by atoms with van der Waals surface area (Å²) in [7, 11) is 0. The van der Waals surface area contributed by atoms with Crippen molar-refractivity contribution in [1.29, 1.82) is 0 Å². The number of anilines is 2. The van der Waals surface area contributed by atoms with E-state index in [0.717, 1.165) is 6.07 Å². The number of fused-ring (bicyclic) bond motifs is 1. The number of halogens is 4. The average Bonchev–Trinajstić information content (AvgIpc) is 2.96. The van der Waals surface area contributed by atoms with Gasteiger partial charge in [0.05, 0.1) is 22.8 Å². The van der Waals surface area contributed by atoms with Gasteiger partial charge in [-0.1, -0.05) is 17.7 Å². The summed E-state index contributed by atoms with van der Waals surface area (Å²) in [5.41, 5.74) is -0.880. The van der Waals surface area contributed by atoms with Crippen molar-refractivity contribution in [1.82, 2.24) is 4.98 Å². The number of aromatic nitrogens is 1. The van der Waals surface area contributed by atoms with E-state index in [2.05, 4.69) is 4.98 Å². The van der Waals surface area contributed by atoms with Gasteiger partial charge in [-0.3, -0.25) is 14.5 Å². The summed E-state index contributed by atoms with van der Waals surface area (Å²) in [4.78, 5) is 31.9. The van der Waals surface area contributed by atoms with Gasteiger partial charge < -0.3 is 19.8 Å². The molecule has 0 radical (unpaired) electrons. The Bertz CT molecular complexity index is 1100. The van der Waals surface area contributed by atoms with Crippen LogP contribution in [-0.4, -0.2) is 58.4 Å². The van der Waals surface area contributed by atoms with Crippen LogP contribution >= 0.6 is 11.6 Å². The van der Waals surface area contributed by atoms with Gasteiger partial charge in [0, 0.05) is 5.69 Å². The molecule has 0 unspecified atom stereocenters. The number of rotatable bonds is 2. The van der Waals surface area contributed by atoms with Gasteiger partial charge in [-0.2, -0.15) is 13.2 Å². The Morgan fingerprint density at radius 1 is 1.28 bits per heavy atom. The fourth-order valence-electron chi connectivity index (χ4n) is 3.80. The van der Waals surface area contributed by atoms with Gasteiger partial charge in [0.2, 0.25) is 0 Å². The lowest BCUT2D eigenvalue weighted by molar-refractivity contribution is -0.137. The summed E-state index contributed by atoms with van der Waals surface area (Å²) in [6, 6.07) is 4.32. The largest absolute Gasteiger partial charge is 0.488 e. The van der Waals surface area contributed by atoms with Gasteiger partial charge in [0.25, 0.3) is 11.8 Å². The number of hydrogen-bond acceptors (Lipinski definition) is 6. The highest BCUT2D eigenvalue weighted by Gasteiger charge is 2.53. The van der Waals surface area contributed by atoms with Crippen molar-refractivity contribution in [3.8, 4) is 5.75 Å². The zero-order valence-corrected chi connectivity index (χ0v) is 17.3. The number of nitrogens with zero attached hydrogens (tertiary/aromatic N) is 3. The lowest BCUT2D eigenvalue weighted by atomic mass is 10.1. The van der Waals surface area contributed by atoms with E-state index in [-0.39, 0.29) is 35.3 Å². The second kappa shape index (κ2) is 7.91. The summed E-state index contributed by atoms with van der Waals surface area (Å²) < 4.78 is 45.4. The van der Waals surface area contributed by atoms with Crippen LogP contribution in [0.1, 0.15) is 11.3 Å². The van der Waals surface area contributed by atoms with Crippen molar-refractivity contribution in [2.45, 2.75) is 31.3 Å². The van der Waals surface area contributed by atoms with Crippen molar-refractivity contribution in [3.05, 3.63) is 46.6 Å². The molecule has 2 amide bonds. The Labute approximate surface area is 184 Å². The number of aryl methyl sites for hydroxylation is 1. The molecule has 32 heavy (non-hydrogen) atoms. The van der Waals surface area contributed by atoms with Crippen LogP contribution in [0.3, 0.4) is 0 Å². The third kappa shape index (κ3) is 3.65. The number of carbonyl (C=O) groups excluding carboxylic acids is 2. The van der Waals surface area contributed by atoms with Gasteiger partial charge in [-0.05, 0) is 31.2 Å². The van der Waals surface area contributed by atoms with E-state index in [1.807, 2.05) is 0 Å². The second-order valence-corrected chi connectivity index (χ2v) is 7.78. The fourth-order valence-corrected chi connectivity index (χ4v) is 4.03. The Morgan fingerprint density at radius 3 is 2.69 bits per heavy atom. The number of aliphatic hydroxyl groups excluding tert-OH is 2. The third-order valence-corrected chi connectivity index (χ3v) is 5.54. The molecular formula is C20H17ClF3N3O5. The van der Waals surface area contributed by atoms with Crippen LogP contribution in [0, 0.1) is 6.92 Å². The highest BCUT2D eigenvalue weighted by Crippen LogP contribution is 2.40. The Hall–Kier alpha value is -2.89. The molecule has 12 heteroatoms. The van der Waals surface area contributed by atoms with Gasteiger partial charge in [0.15, 0.2) is 11.9 Å². The van der Waals surface area contributed by atoms with E-state index in [0.29, 0.717) is 11.0 Å². The molecule has 2 N–H and O–H groups in total. The van der Waals surface area contributed by atoms with Crippen molar-refractivity contribution >= 4 is 34.9 Å². The molecule has 0 bridgehead atoms. The maximum atomic E-state index is 13.4. The van der Waals surface area contributed by atoms with E-state index in [4.69, 9.17) is 16.3 Å². The standard InChI is InChI=1S/C20H17ClF3N3O5/c1-9-7-10(20(22,23)24)8-13(25-9)27-14(15(28)16(29)19(27)31)18(30)26-5-6-32-17-11(21)3-2-4-12(17)26/h2-4,7-8,14-16,28-29H,5-6H2,1H3/t14-,15-,16-/m0/s1. The number of alkyl halides is 3. The number of aliphatic hydroxyl groups is 2. The van der Waals surface area contributed by atoms with Crippen LogP contribution in [0.15, 0.2) is 30.3 Å². The maximum Gasteiger partial charge on any atom is 0.416 e. The number of ether oxygens (including phenoxy) is 1. The molecule has 1 saturated heterocycles. The predicted molar refractivity (Wildman–Crippen MR) is 107 cm³/mol. The smallest absolute Gasteiger partial charge is 0.416 e. The molecule has 2 aliphatic rings. The van der Waals surface area contributed by atoms with Crippen LogP contribution in [0.5, 0.6) is 5.75 Å². The van der Waals surface area contributed by atoms with Crippen molar-refractivity contribution < 1.29 is 37.7 Å². The second-order valence-electron chi connectivity index (χ2n) is 7.37. The number of benzene rings is 1. The van der Waals surface area contributed by atoms with Crippen LogP contribution < -0.4 is 14.5 Å². The monoisotopic (exact) mass is 471 g/mol. The predicted octanol–water partition coefficient (Wildman–Crippen LogP) is 1.92. The normalized spacial score (nSPS) is 23.2. The highest BCUT2D eigenvalue weighted by molar-refractivity contribution is 6.32. The summed E-state index contributed by atoms with van der Waals surface area (Å²) in [5.74, 6) is -2.25. The van der Waals surface area contributed by atoms with E-state index < -0.39 is 47.6 Å². The topological polar surface area (TPSA) is 103 Å². The Balaban J connectivity index is 1.79. The molecule has 2 aliphatic heterocycles. The van der Waals surface area contributed by atoms with Gasteiger partial charge in [0.1, 0.15) is 24.6 Å². The number of carbonyl (C=O) groups is 2. The van der Waals surface area contributed by atoms with E-state index in [9.17, 15) is 33.0 Å². The van der Waals surface area contributed by atoms with E-state index in [1.165, 1.54) is 17.9 Å². The lowest BCUT2D eigenvalue weighted by Gasteiger charge is -2.34. The summed E-state index contributed by atoms with van der Waals surface area (Å²) >= 11 is 6.12. The number of para-hydroxylation sites is 1. The first kappa shape index (κ1) is 22.3. The van der Waals surface area contributed by atoms with E-state index in [1.54, 1.807) is 12.1 Å². The SMILES string of the molecule is Cc1cc(C(F)(F)F)cc(N2C(=O)[C@@H](O)[C@@H](O)[C@H]2C(=O)N2CCOc3c(Cl)cccc32)n1. The fraction of sp³-hybridized carbons (Fsp3) is 0.350. The quantitative estimate of drug-likeness (QED) is 0.694. The minimum atomic E-state index is -4.73. The molecule has 4 rings (SSSR count). The summed E-state index contributed by atoms with van der Waals surface area (Å²) in [6.07, 6.45) is -8.64. The Kier molecular flexibility index (Phi) is 5.51. The van der Waals surface area contributed by atoms with Crippen molar-refractivity contribution in [2.75, 3.05) is 23.0 Å².